The largest absolute Gasteiger partial charge is 0.508 e. The third-order valence-electron chi connectivity index (χ3n) is 6.31. The highest BCUT2D eigenvalue weighted by molar-refractivity contribution is 5.98. The maximum absolute atomic E-state index is 12.6. The number of phenolic OH excluding ortho intramolecular Hbond substituents is 1. The number of piperidine rings is 1. The summed E-state index contributed by atoms with van der Waals surface area (Å²) < 4.78 is 11.6. The Kier molecular flexibility index (Phi) is 3.22. The molecule has 0 radical (unpaired) electrons. The smallest absolute Gasteiger partial charge is 0.196 e. The predicted molar refractivity (Wildman–Crippen MR) is 90.4 cm³/mol. The van der Waals surface area contributed by atoms with Gasteiger partial charge >= 0.3 is 0 Å². The minimum atomic E-state index is -0.488. The van der Waals surface area contributed by atoms with Crippen LogP contribution in [0.3, 0.4) is 0 Å². The van der Waals surface area contributed by atoms with Crippen LogP contribution in [0.5, 0.6) is 17.2 Å². The minimum Gasteiger partial charge on any atom is -0.508 e. The molecule has 128 valence electrons. The van der Waals surface area contributed by atoms with Crippen molar-refractivity contribution in [1.82, 2.24) is 4.90 Å². The van der Waals surface area contributed by atoms with E-state index in [9.17, 15) is 9.90 Å². The molecule has 24 heavy (non-hydrogen) atoms. The summed E-state index contributed by atoms with van der Waals surface area (Å²) in [5, 5.41) is 10.5. The average Bonchev–Trinajstić information content (AvgIpc) is 2.89. The fraction of sp³-hybridized carbons (Fsp3) is 0.500. The highest BCUT2D eigenvalue weighted by atomic mass is 35.5. The zero-order valence-electron chi connectivity index (χ0n) is 13.6. The number of rotatable bonds is 1. The van der Waals surface area contributed by atoms with Crippen molar-refractivity contribution < 1.29 is 19.4 Å². The molecule has 1 fully saturated rings. The molecular formula is C18H20ClNO4. The van der Waals surface area contributed by atoms with Crippen LogP contribution < -0.4 is 9.47 Å². The lowest BCUT2D eigenvalue weighted by atomic mass is 9.53. The molecule has 1 aromatic rings. The first-order chi connectivity index (χ1) is 11.1. The number of aromatic hydroxyl groups is 1. The Labute approximate surface area is 146 Å². The van der Waals surface area contributed by atoms with E-state index < -0.39 is 6.10 Å². The van der Waals surface area contributed by atoms with E-state index >= 15 is 0 Å². The van der Waals surface area contributed by atoms with Gasteiger partial charge in [-0.15, -0.1) is 12.4 Å². The van der Waals surface area contributed by atoms with E-state index in [1.165, 1.54) is 0 Å². The molecule has 4 atom stereocenters. The second-order valence-corrected chi connectivity index (χ2v) is 7.11. The number of halogens is 1. The van der Waals surface area contributed by atoms with Crippen LogP contribution in [0.2, 0.25) is 0 Å². The Morgan fingerprint density at radius 3 is 3.00 bits per heavy atom. The van der Waals surface area contributed by atoms with E-state index in [0.29, 0.717) is 11.5 Å². The highest BCUT2D eigenvalue weighted by Crippen LogP contribution is 2.63. The number of benzene rings is 1. The van der Waals surface area contributed by atoms with E-state index in [4.69, 9.17) is 9.47 Å². The van der Waals surface area contributed by atoms with Gasteiger partial charge < -0.3 is 19.5 Å². The molecule has 0 unspecified atom stereocenters. The number of ether oxygens (including phenoxy) is 2. The number of likely N-dealkylation sites (tertiary alicyclic amines) is 1. The van der Waals surface area contributed by atoms with Crippen LogP contribution in [-0.4, -0.2) is 48.6 Å². The van der Waals surface area contributed by atoms with Crippen LogP contribution in [0.15, 0.2) is 18.2 Å². The lowest BCUT2D eigenvalue weighted by Gasteiger charge is -2.55. The van der Waals surface area contributed by atoms with E-state index in [1.807, 2.05) is 0 Å². The Morgan fingerprint density at radius 2 is 2.25 bits per heavy atom. The lowest BCUT2D eigenvalue weighted by molar-refractivity contribution is -0.127. The monoisotopic (exact) mass is 349 g/mol. The zero-order chi connectivity index (χ0) is 15.9. The standard InChI is InChI=1S/C18H19NO4.ClH/c1-19-6-5-18-10-3-4-12(20)17(18)23-16-14(22-2)8-13(21)9(15(16)18)7-11(10)19;/h3-4,8,10-11,17,21H,5-7H2,1-2H3;1H/t10-,11+,17-,18-;/m0./s1. The summed E-state index contributed by atoms with van der Waals surface area (Å²) in [6, 6.07) is 1.91. The van der Waals surface area contributed by atoms with Gasteiger partial charge in [-0.25, -0.2) is 0 Å². The molecule has 6 heteroatoms. The van der Waals surface area contributed by atoms with Crippen LogP contribution in [0.25, 0.3) is 0 Å². The Morgan fingerprint density at radius 1 is 1.46 bits per heavy atom. The number of likely N-dealkylation sites (N-methyl/N-ethyl adjacent to an activating group) is 1. The van der Waals surface area contributed by atoms with Crippen LogP contribution in [0, 0.1) is 5.92 Å². The molecule has 2 aliphatic heterocycles. The number of carbonyl (C=O) groups excluding carboxylic acids is 1. The highest BCUT2D eigenvalue weighted by Gasteiger charge is 2.65. The maximum Gasteiger partial charge on any atom is 0.196 e. The van der Waals surface area contributed by atoms with E-state index in [-0.39, 0.29) is 41.3 Å². The molecule has 2 bridgehead atoms. The summed E-state index contributed by atoms with van der Waals surface area (Å²) in [6.07, 6.45) is 4.90. The van der Waals surface area contributed by atoms with Crippen LogP contribution in [0.1, 0.15) is 17.5 Å². The number of hydrogen-bond acceptors (Lipinski definition) is 5. The molecular weight excluding hydrogens is 330 g/mol. The number of ketones is 1. The molecule has 5 nitrogen and oxygen atoms in total. The first-order valence-corrected chi connectivity index (χ1v) is 8.10. The van der Waals surface area contributed by atoms with E-state index in [2.05, 4.69) is 18.0 Å². The first kappa shape index (κ1) is 15.8. The van der Waals surface area contributed by atoms with Gasteiger partial charge in [0, 0.05) is 29.2 Å². The SMILES string of the molecule is COc1cc(O)c2c3c1O[C@H]1C(=O)C=C[C@H]4[C@@H](C2)N(C)CC[C@]314.Cl. The second kappa shape index (κ2) is 4.90. The predicted octanol–water partition coefficient (Wildman–Crippen LogP) is 1.84. The number of carbonyl (C=O) groups is 1. The summed E-state index contributed by atoms with van der Waals surface area (Å²) in [5.74, 6) is 1.70. The van der Waals surface area contributed by atoms with Gasteiger partial charge in [0.15, 0.2) is 23.4 Å². The van der Waals surface area contributed by atoms with Crippen molar-refractivity contribution in [3.8, 4) is 17.2 Å². The molecule has 1 saturated heterocycles. The van der Waals surface area contributed by atoms with Crippen molar-refractivity contribution in [2.75, 3.05) is 20.7 Å². The van der Waals surface area contributed by atoms with Gasteiger partial charge in [-0.1, -0.05) is 6.08 Å². The van der Waals surface area contributed by atoms with Crippen molar-refractivity contribution in [3.63, 3.8) is 0 Å². The maximum atomic E-state index is 12.6. The minimum absolute atomic E-state index is 0. The molecule has 1 spiro atoms. The van der Waals surface area contributed by atoms with Gasteiger partial charge in [0.1, 0.15) is 5.75 Å². The van der Waals surface area contributed by atoms with Gasteiger partial charge in [0.25, 0.3) is 0 Å². The van der Waals surface area contributed by atoms with Gasteiger partial charge in [0.2, 0.25) is 0 Å². The first-order valence-electron chi connectivity index (χ1n) is 8.10. The summed E-state index contributed by atoms with van der Waals surface area (Å²) >= 11 is 0. The van der Waals surface area contributed by atoms with Gasteiger partial charge in [0.05, 0.1) is 12.5 Å². The van der Waals surface area contributed by atoms with Crippen molar-refractivity contribution in [2.24, 2.45) is 5.92 Å². The third-order valence-corrected chi connectivity index (χ3v) is 6.31. The normalized spacial score (nSPS) is 35.1. The van der Waals surface area contributed by atoms with Crippen molar-refractivity contribution in [3.05, 3.63) is 29.3 Å². The number of phenols is 1. The van der Waals surface area contributed by atoms with Gasteiger partial charge in [-0.3, -0.25) is 4.79 Å². The summed E-state index contributed by atoms with van der Waals surface area (Å²) in [5.41, 5.74) is 1.60. The topological polar surface area (TPSA) is 59.0 Å². The third kappa shape index (κ3) is 1.57. The second-order valence-electron chi connectivity index (χ2n) is 7.11. The number of nitrogens with zero attached hydrogens (tertiary/aromatic N) is 1. The summed E-state index contributed by atoms with van der Waals surface area (Å²) in [6.45, 7) is 0.930. The molecule has 0 amide bonds. The molecule has 0 saturated carbocycles. The quantitative estimate of drug-likeness (QED) is 0.838. The molecule has 1 N–H and O–H groups in total. The van der Waals surface area contributed by atoms with E-state index in [0.717, 1.165) is 30.5 Å². The van der Waals surface area contributed by atoms with Crippen molar-refractivity contribution >= 4 is 18.2 Å². The molecule has 0 aromatic heterocycles. The molecule has 2 heterocycles. The average molecular weight is 350 g/mol. The lowest BCUT2D eigenvalue weighted by Crippen LogP contribution is -2.64. The Bertz CT molecular complexity index is 777. The Balaban J connectivity index is 0.00000146. The molecule has 5 rings (SSSR count). The van der Waals surface area contributed by atoms with Gasteiger partial charge in [-0.2, -0.15) is 0 Å². The fourth-order valence-electron chi connectivity index (χ4n) is 5.29. The van der Waals surface area contributed by atoms with Crippen molar-refractivity contribution in [2.45, 2.75) is 30.4 Å². The molecule has 1 aromatic carbocycles. The molecule has 4 aliphatic rings. The fourth-order valence-corrected chi connectivity index (χ4v) is 5.29. The van der Waals surface area contributed by atoms with E-state index in [1.54, 1.807) is 19.3 Å². The summed E-state index contributed by atoms with van der Waals surface area (Å²) in [4.78, 5) is 14.9. The van der Waals surface area contributed by atoms with Gasteiger partial charge in [-0.05, 0) is 32.5 Å². The summed E-state index contributed by atoms with van der Waals surface area (Å²) in [7, 11) is 3.69. The number of methoxy groups -OCH3 is 1. The van der Waals surface area contributed by atoms with Crippen LogP contribution in [0.4, 0.5) is 0 Å². The van der Waals surface area contributed by atoms with Crippen LogP contribution in [-0.2, 0) is 16.6 Å². The molecule has 2 aliphatic carbocycles. The Hall–Kier alpha value is -1.72. The number of hydrogen-bond donors (Lipinski definition) is 1. The van der Waals surface area contributed by atoms with Crippen molar-refractivity contribution in [1.29, 1.82) is 0 Å². The van der Waals surface area contributed by atoms with Crippen LogP contribution >= 0.6 is 12.4 Å². The zero-order valence-corrected chi connectivity index (χ0v) is 14.4.